The molecule has 0 unspecified atom stereocenters. The normalized spacial score (nSPS) is 10.5. The summed E-state index contributed by atoms with van der Waals surface area (Å²) in [5.74, 6) is -1.24. The molecule has 0 N–H and O–H groups in total. The van der Waals surface area contributed by atoms with E-state index in [9.17, 15) is 9.59 Å². The highest BCUT2D eigenvalue weighted by atomic mass is 16.5. The Kier molecular flexibility index (Phi) is 6.95. The van der Waals surface area contributed by atoms with Crippen LogP contribution in [0.2, 0.25) is 0 Å². The number of methoxy groups -OCH3 is 2. The molecule has 0 rings (SSSR count). The number of hydrogen-bond acceptors (Lipinski definition) is 5. The van der Waals surface area contributed by atoms with Crippen molar-refractivity contribution in [1.29, 1.82) is 5.26 Å². The Morgan fingerprint density at radius 3 is 2.06 bits per heavy atom. The molecule has 0 aromatic heterocycles. The molecule has 0 saturated carbocycles. The zero-order valence-corrected chi connectivity index (χ0v) is 10.6. The molecule has 96 valence electrons. The van der Waals surface area contributed by atoms with Gasteiger partial charge in [-0.05, 0) is 12.8 Å². The molecular formula is C12H19NO4. The van der Waals surface area contributed by atoms with Gasteiger partial charge in [0.15, 0.2) is 5.41 Å². The van der Waals surface area contributed by atoms with Crippen LogP contribution < -0.4 is 0 Å². The van der Waals surface area contributed by atoms with E-state index in [2.05, 4.69) is 9.47 Å². The predicted octanol–water partition coefficient (Wildman–Crippen LogP) is 1.81. The van der Waals surface area contributed by atoms with Crippen molar-refractivity contribution in [2.45, 2.75) is 39.0 Å². The second-order valence-corrected chi connectivity index (χ2v) is 3.83. The van der Waals surface area contributed by atoms with Crippen LogP contribution in [0.4, 0.5) is 0 Å². The topological polar surface area (TPSA) is 76.4 Å². The zero-order valence-electron chi connectivity index (χ0n) is 10.6. The van der Waals surface area contributed by atoms with Gasteiger partial charge in [-0.1, -0.05) is 19.8 Å². The molecule has 0 aromatic rings. The van der Waals surface area contributed by atoms with Crippen molar-refractivity contribution in [2.75, 3.05) is 14.2 Å². The van der Waals surface area contributed by atoms with Gasteiger partial charge in [-0.2, -0.15) is 5.26 Å². The van der Waals surface area contributed by atoms with Crippen LogP contribution in [-0.2, 0) is 19.1 Å². The molecule has 0 aliphatic carbocycles. The Morgan fingerprint density at radius 1 is 1.18 bits per heavy atom. The van der Waals surface area contributed by atoms with Crippen LogP contribution in [-0.4, -0.2) is 26.2 Å². The standard InChI is InChI=1S/C12H19NO4/c1-4-5-7-12(8-6-9-13,10(14)16-2)11(15)17-3/h4-8H2,1-3H3. The van der Waals surface area contributed by atoms with Crippen LogP contribution in [0.1, 0.15) is 39.0 Å². The molecule has 0 aromatic carbocycles. The van der Waals surface area contributed by atoms with E-state index in [-0.39, 0.29) is 12.8 Å². The Bertz CT molecular complexity index is 290. The van der Waals surface area contributed by atoms with E-state index < -0.39 is 17.4 Å². The number of carbonyl (C=O) groups excluding carboxylic acids is 2. The summed E-state index contributed by atoms with van der Waals surface area (Å²) in [4.78, 5) is 23.6. The van der Waals surface area contributed by atoms with Crippen molar-refractivity contribution >= 4 is 11.9 Å². The minimum absolute atomic E-state index is 0.119. The van der Waals surface area contributed by atoms with Gasteiger partial charge in [0.25, 0.3) is 0 Å². The molecule has 0 radical (unpaired) electrons. The van der Waals surface area contributed by atoms with E-state index in [0.29, 0.717) is 12.8 Å². The summed E-state index contributed by atoms with van der Waals surface area (Å²) < 4.78 is 9.37. The number of nitrogens with zero attached hydrogens (tertiary/aromatic N) is 1. The summed E-state index contributed by atoms with van der Waals surface area (Å²) in [6.07, 6.45) is 2.17. The molecule has 0 aliphatic rings. The maximum atomic E-state index is 11.8. The van der Waals surface area contributed by atoms with Gasteiger partial charge in [-0.25, -0.2) is 0 Å². The largest absolute Gasteiger partial charge is 0.468 e. The molecule has 0 fully saturated rings. The van der Waals surface area contributed by atoms with E-state index in [0.717, 1.165) is 6.42 Å². The lowest BCUT2D eigenvalue weighted by Crippen LogP contribution is -2.41. The van der Waals surface area contributed by atoms with Gasteiger partial charge in [0.05, 0.1) is 20.3 Å². The smallest absolute Gasteiger partial charge is 0.323 e. The van der Waals surface area contributed by atoms with Gasteiger partial charge in [0, 0.05) is 6.42 Å². The van der Waals surface area contributed by atoms with Crippen LogP contribution in [0.5, 0.6) is 0 Å². The molecule has 0 atom stereocenters. The maximum absolute atomic E-state index is 11.8. The lowest BCUT2D eigenvalue weighted by atomic mass is 9.78. The third-order valence-corrected chi connectivity index (χ3v) is 2.77. The Hall–Kier alpha value is -1.57. The quantitative estimate of drug-likeness (QED) is 0.502. The molecule has 5 nitrogen and oxygen atoms in total. The molecule has 17 heavy (non-hydrogen) atoms. The molecule has 0 heterocycles. The summed E-state index contributed by atoms with van der Waals surface area (Å²) in [6, 6.07) is 1.94. The number of unbranched alkanes of at least 4 members (excludes halogenated alkanes) is 1. The average molecular weight is 241 g/mol. The number of hydrogen-bond donors (Lipinski definition) is 0. The molecular weight excluding hydrogens is 222 g/mol. The average Bonchev–Trinajstić information content (AvgIpc) is 2.37. The third-order valence-electron chi connectivity index (χ3n) is 2.77. The Morgan fingerprint density at radius 2 is 1.71 bits per heavy atom. The predicted molar refractivity (Wildman–Crippen MR) is 60.8 cm³/mol. The van der Waals surface area contributed by atoms with Crippen LogP contribution >= 0.6 is 0 Å². The van der Waals surface area contributed by atoms with Crippen molar-refractivity contribution in [2.24, 2.45) is 5.41 Å². The van der Waals surface area contributed by atoms with Gasteiger partial charge in [0.2, 0.25) is 0 Å². The first-order valence-electron chi connectivity index (χ1n) is 5.62. The van der Waals surface area contributed by atoms with Gasteiger partial charge in [-0.3, -0.25) is 9.59 Å². The van der Waals surface area contributed by atoms with Crippen LogP contribution in [0, 0.1) is 16.7 Å². The lowest BCUT2D eigenvalue weighted by Gasteiger charge is -2.27. The van der Waals surface area contributed by atoms with Crippen LogP contribution in [0.15, 0.2) is 0 Å². The molecule has 5 heteroatoms. The number of esters is 2. The fraction of sp³-hybridized carbons (Fsp3) is 0.750. The number of ether oxygens (including phenoxy) is 2. The summed E-state index contributed by atoms with van der Waals surface area (Å²) in [5.41, 5.74) is -1.32. The van der Waals surface area contributed by atoms with E-state index >= 15 is 0 Å². The first kappa shape index (κ1) is 15.4. The first-order chi connectivity index (χ1) is 8.08. The van der Waals surface area contributed by atoms with Crippen molar-refractivity contribution in [3.63, 3.8) is 0 Å². The van der Waals surface area contributed by atoms with Crippen LogP contribution in [0.3, 0.4) is 0 Å². The van der Waals surface area contributed by atoms with E-state index in [1.807, 2.05) is 13.0 Å². The van der Waals surface area contributed by atoms with E-state index in [1.54, 1.807) is 0 Å². The second kappa shape index (κ2) is 7.66. The van der Waals surface area contributed by atoms with Crippen molar-refractivity contribution < 1.29 is 19.1 Å². The highest BCUT2D eigenvalue weighted by Gasteiger charge is 2.47. The minimum Gasteiger partial charge on any atom is -0.468 e. The van der Waals surface area contributed by atoms with Crippen molar-refractivity contribution in [3.8, 4) is 6.07 Å². The second-order valence-electron chi connectivity index (χ2n) is 3.83. The lowest BCUT2D eigenvalue weighted by molar-refractivity contribution is -0.170. The maximum Gasteiger partial charge on any atom is 0.323 e. The highest BCUT2D eigenvalue weighted by molar-refractivity contribution is 5.99. The summed E-state index contributed by atoms with van der Waals surface area (Å²) in [6.45, 7) is 1.96. The SMILES string of the molecule is CCCCC(CCC#N)(C(=O)OC)C(=O)OC. The minimum atomic E-state index is -1.32. The van der Waals surface area contributed by atoms with Crippen molar-refractivity contribution in [3.05, 3.63) is 0 Å². The Labute approximate surface area is 102 Å². The fourth-order valence-electron chi connectivity index (χ4n) is 1.76. The van der Waals surface area contributed by atoms with Gasteiger partial charge >= 0.3 is 11.9 Å². The third kappa shape index (κ3) is 3.74. The van der Waals surface area contributed by atoms with Gasteiger partial charge < -0.3 is 9.47 Å². The Balaban J connectivity index is 5.13. The summed E-state index contributed by atoms with van der Waals surface area (Å²) in [7, 11) is 2.47. The highest BCUT2D eigenvalue weighted by Crippen LogP contribution is 2.33. The van der Waals surface area contributed by atoms with Gasteiger partial charge in [0.1, 0.15) is 0 Å². The number of carbonyl (C=O) groups is 2. The molecule has 0 amide bonds. The van der Waals surface area contributed by atoms with Gasteiger partial charge in [-0.15, -0.1) is 0 Å². The van der Waals surface area contributed by atoms with Crippen molar-refractivity contribution in [1.82, 2.24) is 0 Å². The van der Waals surface area contributed by atoms with Crippen LogP contribution in [0.25, 0.3) is 0 Å². The summed E-state index contributed by atoms with van der Waals surface area (Å²) >= 11 is 0. The molecule has 0 aliphatic heterocycles. The first-order valence-corrected chi connectivity index (χ1v) is 5.62. The molecule has 0 saturated heterocycles. The monoisotopic (exact) mass is 241 g/mol. The molecule has 0 spiro atoms. The fourth-order valence-corrected chi connectivity index (χ4v) is 1.76. The van der Waals surface area contributed by atoms with E-state index in [1.165, 1.54) is 14.2 Å². The van der Waals surface area contributed by atoms with E-state index in [4.69, 9.17) is 5.26 Å². The number of nitriles is 1. The molecule has 0 bridgehead atoms. The zero-order chi connectivity index (χ0) is 13.3. The summed E-state index contributed by atoms with van der Waals surface area (Å²) in [5, 5.41) is 8.61. The number of rotatable bonds is 7.